The molecule has 0 aliphatic heterocycles. The normalized spacial score (nSPS) is 10.2. The zero-order valence-corrected chi connectivity index (χ0v) is 11.4. The molecule has 0 aliphatic carbocycles. The van der Waals surface area contributed by atoms with Crippen molar-refractivity contribution in [2.75, 3.05) is 5.73 Å². The van der Waals surface area contributed by atoms with Crippen LogP contribution < -0.4 is 10.5 Å². The molecule has 0 saturated heterocycles. The van der Waals surface area contributed by atoms with E-state index in [9.17, 15) is 4.39 Å². The molecular formula is C16H11FN4O. The zero-order chi connectivity index (χ0) is 15.5. The van der Waals surface area contributed by atoms with E-state index in [1.807, 2.05) is 0 Å². The number of hydrogen-bond acceptors (Lipinski definition) is 3. The molecule has 1 aromatic heterocycles. The van der Waals surface area contributed by atoms with Crippen LogP contribution in [-0.4, -0.2) is 10.2 Å². The first-order valence-corrected chi connectivity index (χ1v) is 6.42. The topological polar surface area (TPSA) is 68.3 Å². The van der Waals surface area contributed by atoms with Gasteiger partial charge in [0.05, 0.1) is 12.3 Å². The van der Waals surface area contributed by atoms with Gasteiger partial charge in [0.15, 0.2) is 5.82 Å². The Bertz CT molecular complexity index is 849. The molecule has 3 rings (SSSR count). The number of H-pyrrole nitrogens is 1. The number of halogens is 1. The van der Waals surface area contributed by atoms with E-state index in [1.165, 1.54) is 12.1 Å². The van der Waals surface area contributed by atoms with E-state index < -0.39 is 0 Å². The van der Waals surface area contributed by atoms with E-state index in [0.717, 1.165) is 5.56 Å². The van der Waals surface area contributed by atoms with Gasteiger partial charge in [0.2, 0.25) is 0 Å². The van der Waals surface area contributed by atoms with Gasteiger partial charge < -0.3 is 10.5 Å². The van der Waals surface area contributed by atoms with Crippen LogP contribution in [0, 0.1) is 12.4 Å². The minimum Gasteiger partial charge on any atom is -0.457 e. The number of nitrogens with two attached hydrogens (primary N) is 1. The summed E-state index contributed by atoms with van der Waals surface area (Å²) < 4.78 is 18.7. The fourth-order valence-electron chi connectivity index (χ4n) is 2.02. The second-order valence-corrected chi connectivity index (χ2v) is 4.53. The van der Waals surface area contributed by atoms with Gasteiger partial charge in [-0.3, -0.25) is 5.10 Å². The van der Waals surface area contributed by atoms with E-state index >= 15 is 0 Å². The first-order valence-electron chi connectivity index (χ1n) is 6.42. The number of anilines is 1. The summed E-state index contributed by atoms with van der Waals surface area (Å²) in [7, 11) is 0. The van der Waals surface area contributed by atoms with Gasteiger partial charge in [-0.05, 0) is 29.8 Å². The summed E-state index contributed by atoms with van der Waals surface area (Å²) in [5.41, 5.74) is 7.24. The summed E-state index contributed by atoms with van der Waals surface area (Å²) in [5, 5.41) is 6.57. The number of ether oxygens (including phenoxy) is 1. The highest BCUT2D eigenvalue weighted by atomic mass is 19.1. The lowest BCUT2D eigenvalue weighted by Gasteiger charge is -2.06. The van der Waals surface area contributed by atoms with Gasteiger partial charge in [0.1, 0.15) is 17.3 Å². The van der Waals surface area contributed by atoms with Crippen LogP contribution in [-0.2, 0) is 0 Å². The Hall–Kier alpha value is -3.33. The van der Waals surface area contributed by atoms with Crippen molar-refractivity contribution in [1.29, 1.82) is 0 Å². The van der Waals surface area contributed by atoms with Gasteiger partial charge in [0, 0.05) is 6.07 Å². The third kappa shape index (κ3) is 2.60. The molecule has 1 heterocycles. The maximum absolute atomic E-state index is 13.1. The van der Waals surface area contributed by atoms with Crippen molar-refractivity contribution >= 4 is 11.5 Å². The summed E-state index contributed by atoms with van der Waals surface area (Å²) in [6.45, 7) is 7.13. The summed E-state index contributed by atoms with van der Waals surface area (Å²) in [6, 6.07) is 12.9. The number of benzene rings is 2. The molecule has 0 saturated carbocycles. The molecule has 22 heavy (non-hydrogen) atoms. The van der Waals surface area contributed by atoms with Crippen molar-refractivity contribution in [2.24, 2.45) is 0 Å². The van der Waals surface area contributed by atoms with Crippen LogP contribution in [0.1, 0.15) is 0 Å². The summed E-state index contributed by atoms with van der Waals surface area (Å²) >= 11 is 0. The van der Waals surface area contributed by atoms with Crippen LogP contribution in [0.2, 0.25) is 0 Å². The minimum absolute atomic E-state index is 0.171. The van der Waals surface area contributed by atoms with Crippen molar-refractivity contribution in [3.05, 3.63) is 65.8 Å². The molecule has 0 unspecified atom stereocenters. The smallest absolute Gasteiger partial charge is 0.254 e. The van der Waals surface area contributed by atoms with Crippen LogP contribution in [0.25, 0.3) is 16.1 Å². The molecule has 0 atom stereocenters. The monoisotopic (exact) mass is 294 g/mol. The zero-order valence-electron chi connectivity index (χ0n) is 11.4. The van der Waals surface area contributed by atoms with Crippen molar-refractivity contribution in [3.8, 4) is 22.8 Å². The molecule has 108 valence electrons. The van der Waals surface area contributed by atoms with Crippen LogP contribution >= 0.6 is 0 Å². The number of hydrogen-bond donors (Lipinski definition) is 2. The third-order valence-corrected chi connectivity index (χ3v) is 3.05. The number of aromatic amines is 1. The molecule has 3 aromatic rings. The number of rotatable bonds is 3. The maximum atomic E-state index is 13.1. The van der Waals surface area contributed by atoms with Crippen LogP contribution in [0.3, 0.4) is 0 Å². The first-order chi connectivity index (χ1) is 10.7. The number of nitrogens with zero attached hydrogens (tertiary/aromatic N) is 2. The molecule has 3 N–H and O–H groups in total. The Morgan fingerprint density at radius 2 is 1.91 bits per heavy atom. The second-order valence-electron chi connectivity index (χ2n) is 4.53. The van der Waals surface area contributed by atoms with Gasteiger partial charge >= 0.3 is 0 Å². The van der Waals surface area contributed by atoms with Gasteiger partial charge in [-0.15, -0.1) is 0 Å². The van der Waals surface area contributed by atoms with Crippen molar-refractivity contribution in [1.82, 2.24) is 10.2 Å². The van der Waals surface area contributed by atoms with E-state index in [2.05, 4.69) is 15.0 Å². The maximum Gasteiger partial charge on any atom is 0.254 e. The Balaban J connectivity index is 1.85. The lowest BCUT2D eigenvalue weighted by molar-refractivity contribution is 0.477. The largest absolute Gasteiger partial charge is 0.457 e. The van der Waals surface area contributed by atoms with Gasteiger partial charge in [0.25, 0.3) is 5.69 Å². The quantitative estimate of drug-likeness (QED) is 0.713. The highest BCUT2D eigenvalue weighted by Gasteiger charge is 2.12. The van der Waals surface area contributed by atoms with Gasteiger partial charge in [-0.25, -0.2) is 9.24 Å². The van der Waals surface area contributed by atoms with E-state index in [0.29, 0.717) is 22.9 Å². The fourth-order valence-corrected chi connectivity index (χ4v) is 2.02. The second kappa shape index (κ2) is 5.58. The fraction of sp³-hybridized carbons (Fsp3) is 0. The predicted molar refractivity (Wildman–Crippen MR) is 81.2 cm³/mol. The molecule has 6 heteroatoms. The van der Waals surface area contributed by atoms with E-state index in [1.54, 1.807) is 36.4 Å². The Morgan fingerprint density at radius 3 is 2.59 bits per heavy atom. The van der Waals surface area contributed by atoms with Crippen molar-refractivity contribution in [3.63, 3.8) is 0 Å². The Morgan fingerprint density at radius 1 is 1.14 bits per heavy atom. The minimum atomic E-state index is -0.358. The van der Waals surface area contributed by atoms with Crippen LogP contribution in [0.4, 0.5) is 15.9 Å². The molecule has 0 radical (unpaired) electrons. The lowest BCUT2D eigenvalue weighted by atomic mass is 10.1. The molecule has 0 aliphatic rings. The molecule has 5 nitrogen and oxygen atoms in total. The van der Waals surface area contributed by atoms with Crippen LogP contribution in [0.15, 0.2) is 48.5 Å². The summed E-state index contributed by atoms with van der Waals surface area (Å²) in [5.74, 6) is 0.792. The average molecular weight is 294 g/mol. The number of nitrogen functional groups attached to an aromatic ring is 1. The molecule has 2 aromatic carbocycles. The molecule has 0 amide bonds. The SMILES string of the molecule is [C-]#[N+]c1c(N)n[nH]c1-c1ccc(Oc2cccc(F)c2)cc1. The molecule has 0 bridgehead atoms. The average Bonchev–Trinajstić information content (AvgIpc) is 2.89. The highest BCUT2D eigenvalue weighted by Crippen LogP contribution is 2.34. The van der Waals surface area contributed by atoms with Crippen molar-refractivity contribution in [2.45, 2.75) is 0 Å². The van der Waals surface area contributed by atoms with Crippen molar-refractivity contribution < 1.29 is 9.13 Å². The first kappa shape index (κ1) is 13.6. The highest BCUT2D eigenvalue weighted by molar-refractivity contribution is 5.82. The number of nitrogens with one attached hydrogen (secondary N) is 1. The lowest BCUT2D eigenvalue weighted by Crippen LogP contribution is -1.85. The van der Waals surface area contributed by atoms with Crippen LogP contribution in [0.5, 0.6) is 11.5 Å². The predicted octanol–water partition coefficient (Wildman–Crippen LogP) is 4.14. The molecule has 0 spiro atoms. The van der Waals surface area contributed by atoms with Gasteiger partial charge in [-0.1, -0.05) is 18.2 Å². The Kier molecular flexibility index (Phi) is 3.46. The van der Waals surface area contributed by atoms with Gasteiger partial charge in [-0.2, -0.15) is 5.10 Å². The number of aromatic nitrogens is 2. The van der Waals surface area contributed by atoms with E-state index in [4.69, 9.17) is 17.0 Å². The molecular weight excluding hydrogens is 283 g/mol. The third-order valence-electron chi connectivity index (χ3n) is 3.05. The summed E-state index contributed by atoms with van der Waals surface area (Å²) in [4.78, 5) is 3.36. The standard InChI is InChI=1S/C16H11FN4O/c1-19-15-14(20-21-16(15)18)10-5-7-12(8-6-10)22-13-4-2-3-11(17)9-13/h2-9H,(H3,18,20,21). The summed E-state index contributed by atoms with van der Waals surface area (Å²) in [6.07, 6.45) is 0. The van der Waals surface area contributed by atoms with E-state index in [-0.39, 0.29) is 11.6 Å². The Labute approximate surface area is 126 Å². The molecule has 0 fully saturated rings.